The van der Waals surface area contributed by atoms with Crippen molar-refractivity contribution in [3.63, 3.8) is 0 Å². The predicted octanol–water partition coefficient (Wildman–Crippen LogP) is 2.59. The van der Waals surface area contributed by atoms with Crippen molar-refractivity contribution in [2.24, 2.45) is 4.99 Å². The molecular formula is C14H17Cl2N5O. The Kier molecular flexibility index (Phi) is 6.03. The molecule has 0 amide bonds. The molecule has 0 saturated carbocycles. The van der Waals surface area contributed by atoms with Crippen LogP contribution in [0.1, 0.15) is 17.3 Å². The number of hydrogen-bond acceptors (Lipinski definition) is 4. The van der Waals surface area contributed by atoms with Crippen molar-refractivity contribution in [3.05, 3.63) is 45.5 Å². The van der Waals surface area contributed by atoms with Crippen LogP contribution in [-0.4, -0.2) is 29.7 Å². The second kappa shape index (κ2) is 8.00. The summed E-state index contributed by atoms with van der Waals surface area (Å²) in [4.78, 5) is 8.28. The molecule has 8 heteroatoms. The normalized spacial score (nSPS) is 11.5. The van der Waals surface area contributed by atoms with Crippen molar-refractivity contribution in [2.45, 2.75) is 19.9 Å². The number of benzene rings is 1. The summed E-state index contributed by atoms with van der Waals surface area (Å²) < 4.78 is 5.04. The van der Waals surface area contributed by atoms with Crippen molar-refractivity contribution >= 4 is 29.2 Å². The topological polar surface area (TPSA) is 75.3 Å². The van der Waals surface area contributed by atoms with Crippen LogP contribution in [0.25, 0.3) is 0 Å². The summed E-state index contributed by atoms with van der Waals surface area (Å²) >= 11 is 12.0. The van der Waals surface area contributed by atoms with E-state index in [1.165, 1.54) is 0 Å². The molecule has 2 rings (SSSR count). The van der Waals surface area contributed by atoms with Gasteiger partial charge in [0, 0.05) is 36.6 Å². The summed E-state index contributed by atoms with van der Waals surface area (Å²) in [6.07, 6.45) is 0.628. The van der Waals surface area contributed by atoms with Crippen molar-refractivity contribution in [1.82, 2.24) is 20.8 Å². The predicted molar refractivity (Wildman–Crippen MR) is 87.4 cm³/mol. The number of aryl methyl sites for hydroxylation is 1. The van der Waals surface area contributed by atoms with Crippen LogP contribution in [0.5, 0.6) is 0 Å². The first-order valence-electron chi connectivity index (χ1n) is 6.76. The van der Waals surface area contributed by atoms with Crippen LogP contribution in [-0.2, 0) is 13.0 Å². The van der Waals surface area contributed by atoms with Crippen LogP contribution in [0.4, 0.5) is 0 Å². The van der Waals surface area contributed by atoms with Crippen LogP contribution in [0, 0.1) is 6.92 Å². The summed E-state index contributed by atoms with van der Waals surface area (Å²) in [7, 11) is 1.70. The molecule has 1 aromatic carbocycles. The minimum Gasteiger partial charge on any atom is -0.356 e. The molecule has 6 nitrogen and oxygen atoms in total. The van der Waals surface area contributed by atoms with Crippen molar-refractivity contribution in [1.29, 1.82) is 0 Å². The summed E-state index contributed by atoms with van der Waals surface area (Å²) in [6, 6.07) is 5.40. The molecule has 0 spiro atoms. The van der Waals surface area contributed by atoms with Gasteiger partial charge in [0.05, 0.1) is 0 Å². The number of hydrogen-bond donors (Lipinski definition) is 2. The standard InChI is InChI=1S/C14H17Cl2N5O/c1-9-20-13(22-21-9)5-6-18-14(17-2)19-8-10-3-4-11(15)7-12(10)16/h3-4,7H,5-6,8H2,1-2H3,(H2,17,18,19). The van der Waals surface area contributed by atoms with Gasteiger partial charge in [-0.3, -0.25) is 4.99 Å². The minimum absolute atomic E-state index is 0.551. The summed E-state index contributed by atoms with van der Waals surface area (Å²) in [5.41, 5.74) is 0.946. The van der Waals surface area contributed by atoms with Gasteiger partial charge in [0.15, 0.2) is 11.8 Å². The summed E-state index contributed by atoms with van der Waals surface area (Å²) in [5, 5.41) is 11.3. The lowest BCUT2D eigenvalue weighted by atomic mass is 10.2. The van der Waals surface area contributed by atoms with Gasteiger partial charge in [-0.05, 0) is 24.6 Å². The molecule has 1 aromatic heterocycles. The van der Waals surface area contributed by atoms with E-state index in [1.807, 2.05) is 6.07 Å². The molecule has 0 radical (unpaired) electrons. The molecule has 22 heavy (non-hydrogen) atoms. The van der Waals surface area contributed by atoms with E-state index < -0.39 is 0 Å². The monoisotopic (exact) mass is 341 g/mol. The highest BCUT2D eigenvalue weighted by Crippen LogP contribution is 2.20. The minimum atomic E-state index is 0.551. The van der Waals surface area contributed by atoms with Gasteiger partial charge in [0.2, 0.25) is 5.89 Å². The quantitative estimate of drug-likeness (QED) is 0.645. The molecule has 118 valence electrons. The van der Waals surface area contributed by atoms with Crippen LogP contribution >= 0.6 is 23.2 Å². The largest absolute Gasteiger partial charge is 0.356 e. The smallest absolute Gasteiger partial charge is 0.228 e. The highest BCUT2D eigenvalue weighted by molar-refractivity contribution is 6.35. The molecule has 0 bridgehead atoms. The number of aromatic nitrogens is 2. The molecule has 0 aliphatic rings. The lowest BCUT2D eigenvalue weighted by molar-refractivity contribution is 0.374. The molecule has 2 aromatic rings. The molecule has 0 aliphatic heterocycles. The highest BCUT2D eigenvalue weighted by atomic mass is 35.5. The van der Waals surface area contributed by atoms with E-state index in [1.54, 1.807) is 26.1 Å². The average molecular weight is 342 g/mol. The fraction of sp³-hybridized carbons (Fsp3) is 0.357. The second-order valence-electron chi connectivity index (χ2n) is 4.57. The van der Waals surface area contributed by atoms with Gasteiger partial charge in [-0.25, -0.2) is 0 Å². The SMILES string of the molecule is CN=C(NCCc1nc(C)no1)NCc1ccc(Cl)cc1Cl. The first-order chi connectivity index (χ1) is 10.6. The van der Waals surface area contributed by atoms with Gasteiger partial charge >= 0.3 is 0 Å². The molecule has 1 heterocycles. The zero-order chi connectivity index (χ0) is 15.9. The fourth-order valence-electron chi connectivity index (χ4n) is 1.79. The third-order valence-corrected chi connectivity index (χ3v) is 3.47. The van der Waals surface area contributed by atoms with Crippen LogP contribution < -0.4 is 10.6 Å². The van der Waals surface area contributed by atoms with Gasteiger partial charge in [0.1, 0.15) is 0 Å². The van der Waals surface area contributed by atoms with E-state index in [9.17, 15) is 0 Å². The second-order valence-corrected chi connectivity index (χ2v) is 5.42. The molecule has 0 atom stereocenters. The zero-order valence-electron chi connectivity index (χ0n) is 12.4. The molecule has 0 fully saturated rings. The summed E-state index contributed by atoms with van der Waals surface area (Å²) in [6.45, 7) is 2.97. The maximum absolute atomic E-state index is 6.13. The third-order valence-electron chi connectivity index (χ3n) is 2.89. The van der Waals surface area contributed by atoms with E-state index in [2.05, 4.69) is 25.8 Å². The number of rotatable bonds is 5. The Bertz CT molecular complexity index is 656. The molecular weight excluding hydrogens is 325 g/mol. The van der Waals surface area contributed by atoms with Crippen LogP contribution in [0.3, 0.4) is 0 Å². The fourth-order valence-corrected chi connectivity index (χ4v) is 2.27. The zero-order valence-corrected chi connectivity index (χ0v) is 13.9. The molecule has 0 unspecified atom stereocenters. The number of nitrogens with one attached hydrogen (secondary N) is 2. The summed E-state index contributed by atoms with van der Waals surface area (Å²) in [5.74, 6) is 1.90. The Balaban J connectivity index is 1.80. The third kappa shape index (κ3) is 4.89. The van der Waals surface area contributed by atoms with E-state index >= 15 is 0 Å². The Hall–Kier alpha value is -1.79. The number of nitrogens with zero attached hydrogens (tertiary/aromatic N) is 3. The van der Waals surface area contributed by atoms with Gasteiger partial charge in [-0.2, -0.15) is 4.98 Å². The molecule has 0 saturated heterocycles. The first kappa shape index (κ1) is 16.6. The van der Waals surface area contributed by atoms with Gasteiger partial charge < -0.3 is 15.2 Å². The lowest BCUT2D eigenvalue weighted by Crippen LogP contribution is -2.37. The van der Waals surface area contributed by atoms with Crippen molar-refractivity contribution in [3.8, 4) is 0 Å². The Morgan fingerprint density at radius 2 is 2.14 bits per heavy atom. The van der Waals surface area contributed by atoms with Crippen LogP contribution in [0.15, 0.2) is 27.7 Å². The van der Waals surface area contributed by atoms with Crippen molar-refractivity contribution < 1.29 is 4.52 Å². The average Bonchev–Trinajstić information content (AvgIpc) is 2.89. The van der Waals surface area contributed by atoms with Gasteiger partial charge in [-0.1, -0.05) is 34.4 Å². The van der Waals surface area contributed by atoms with E-state index in [0.29, 0.717) is 47.2 Å². The molecule has 2 N–H and O–H groups in total. The van der Waals surface area contributed by atoms with E-state index in [4.69, 9.17) is 27.7 Å². The van der Waals surface area contributed by atoms with Crippen molar-refractivity contribution in [2.75, 3.05) is 13.6 Å². The van der Waals surface area contributed by atoms with E-state index in [-0.39, 0.29) is 0 Å². The Morgan fingerprint density at radius 1 is 1.32 bits per heavy atom. The number of aliphatic imine (C=N–C) groups is 1. The van der Waals surface area contributed by atoms with E-state index in [0.717, 1.165) is 5.56 Å². The van der Waals surface area contributed by atoms with Crippen LogP contribution in [0.2, 0.25) is 10.0 Å². The number of guanidine groups is 1. The molecule has 0 aliphatic carbocycles. The highest BCUT2D eigenvalue weighted by Gasteiger charge is 2.05. The van der Waals surface area contributed by atoms with Gasteiger partial charge in [-0.15, -0.1) is 0 Å². The maximum atomic E-state index is 6.13. The first-order valence-corrected chi connectivity index (χ1v) is 7.51. The number of halogens is 2. The maximum Gasteiger partial charge on any atom is 0.228 e. The lowest BCUT2D eigenvalue weighted by Gasteiger charge is -2.12. The Morgan fingerprint density at radius 3 is 2.77 bits per heavy atom. The van der Waals surface area contributed by atoms with Gasteiger partial charge in [0.25, 0.3) is 0 Å². The Labute approximate surface area is 138 Å².